The van der Waals surface area contributed by atoms with E-state index in [0.717, 1.165) is 30.7 Å². The molecule has 1 aromatic carbocycles. The number of para-hydroxylation sites is 1. The van der Waals surface area contributed by atoms with E-state index in [4.69, 9.17) is 0 Å². The molecule has 0 unspecified atom stereocenters. The lowest BCUT2D eigenvalue weighted by Crippen LogP contribution is -2.13. The van der Waals surface area contributed by atoms with Crippen LogP contribution in [-0.2, 0) is 6.42 Å². The molecule has 8 heteroatoms. The number of anilines is 1. The van der Waals surface area contributed by atoms with Gasteiger partial charge in [0.15, 0.2) is 0 Å². The van der Waals surface area contributed by atoms with E-state index in [1.165, 1.54) is 29.5 Å². The van der Waals surface area contributed by atoms with Crippen LogP contribution < -0.4 is 5.32 Å². The lowest BCUT2D eigenvalue weighted by atomic mass is 10.1. The van der Waals surface area contributed by atoms with Crippen molar-refractivity contribution in [3.8, 4) is 0 Å². The number of nitrogens with one attached hydrogen (secondary N) is 1. The van der Waals surface area contributed by atoms with Gasteiger partial charge in [-0.05, 0) is 12.5 Å². The van der Waals surface area contributed by atoms with Gasteiger partial charge in [0.1, 0.15) is 10.6 Å². The Morgan fingerprint density at radius 3 is 2.82 bits per heavy atom. The summed E-state index contributed by atoms with van der Waals surface area (Å²) < 4.78 is 0. The maximum absolute atomic E-state index is 12.1. The molecule has 0 bridgehead atoms. The van der Waals surface area contributed by atoms with Crippen molar-refractivity contribution in [1.82, 2.24) is 10.2 Å². The smallest absolute Gasteiger partial charge is 0.282 e. The third-order valence-corrected chi connectivity index (χ3v) is 3.93. The van der Waals surface area contributed by atoms with E-state index in [2.05, 4.69) is 22.4 Å². The molecule has 0 radical (unpaired) electrons. The molecule has 116 valence electrons. The number of aromatic nitrogens is 2. The highest BCUT2D eigenvalue weighted by atomic mass is 32.1. The molecule has 0 atom stereocenters. The van der Waals surface area contributed by atoms with E-state index in [-0.39, 0.29) is 11.3 Å². The third-order valence-electron chi connectivity index (χ3n) is 3.03. The number of aryl methyl sites for hydroxylation is 1. The minimum absolute atomic E-state index is 0.00947. The van der Waals surface area contributed by atoms with Crippen molar-refractivity contribution in [1.29, 1.82) is 0 Å². The summed E-state index contributed by atoms with van der Waals surface area (Å²) in [5.74, 6) is -0.552. The predicted molar refractivity (Wildman–Crippen MR) is 84.2 cm³/mol. The van der Waals surface area contributed by atoms with Gasteiger partial charge in [-0.15, -0.1) is 10.2 Å². The molecule has 1 amide bonds. The largest absolute Gasteiger partial charge is 0.296 e. The minimum atomic E-state index is -0.578. The minimum Gasteiger partial charge on any atom is -0.296 e. The SMILES string of the molecule is CCCCCc1nnc(NC(=O)c2ccccc2[N+](=O)[O-])s1. The first-order valence-corrected chi connectivity index (χ1v) is 7.80. The molecule has 0 spiro atoms. The Labute approximate surface area is 131 Å². The Hall–Kier alpha value is -2.35. The van der Waals surface area contributed by atoms with Crippen LogP contribution in [0.4, 0.5) is 10.8 Å². The highest BCUT2D eigenvalue weighted by molar-refractivity contribution is 7.15. The summed E-state index contributed by atoms with van der Waals surface area (Å²) in [4.78, 5) is 22.5. The molecule has 1 N–H and O–H groups in total. The Balaban J connectivity index is 2.05. The van der Waals surface area contributed by atoms with Crippen LogP contribution in [0.3, 0.4) is 0 Å². The van der Waals surface area contributed by atoms with Gasteiger partial charge in [0, 0.05) is 12.5 Å². The fourth-order valence-corrected chi connectivity index (χ4v) is 2.70. The topological polar surface area (TPSA) is 98.0 Å². The van der Waals surface area contributed by atoms with Gasteiger partial charge in [0.25, 0.3) is 11.6 Å². The first-order chi connectivity index (χ1) is 10.6. The van der Waals surface area contributed by atoms with Crippen LogP contribution in [-0.4, -0.2) is 21.0 Å². The second-order valence-electron chi connectivity index (χ2n) is 4.69. The Morgan fingerprint density at radius 1 is 1.32 bits per heavy atom. The van der Waals surface area contributed by atoms with Crippen LogP contribution in [0.15, 0.2) is 24.3 Å². The third kappa shape index (κ3) is 4.08. The van der Waals surface area contributed by atoms with Crippen molar-refractivity contribution in [2.24, 2.45) is 0 Å². The molecule has 0 saturated carbocycles. The highest BCUT2D eigenvalue weighted by Gasteiger charge is 2.20. The normalized spacial score (nSPS) is 10.4. The molecule has 1 heterocycles. The second-order valence-corrected chi connectivity index (χ2v) is 5.75. The highest BCUT2D eigenvalue weighted by Crippen LogP contribution is 2.21. The molecule has 0 saturated heterocycles. The number of nitro groups is 1. The Kier molecular flexibility index (Phi) is 5.54. The van der Waals surface area contributed by atoms with Gasteiger partial charge in [0.05, 0.1) is 4.92 Å². The van der Waals surface area contributed by atoms with Gasteiger partial charge < -0.3 is 0 Å². The lowest BCUT2D eigenvalue weighted by Gasteiger charge is -2.01. The molecule has 2 aromatic rings. The van der Waals surface area contributed by atoms with Crippen molar-refractivity contribution in [2.75, 3.05) is 5.32 Å². The number of hydrogen-bond donors (Lipinski definition) is 1. The van der Waals surface area contributed by atoms with E-state index in [1.54, 1.807) is 6.07 Å². The van der Waals surface area contributed by atoms with Crippen molar-refractivity contribution < 1.29 is 9.72 Å². The van der Waals surface area contributed by atoms with Gasteiger partial charge in [-0.1, -0.05) is 43.2 Å². The molecule has 2 rings (SSSR count). The molecule has 7 nitrogen and oxygen atoms in total. The summed E-state index contributed by atoms with van der Waals surface area (Å²) in [5.41, 5.74) is -0.220. The molecular weight excluding hydrogens is 304 g/mol. The van der Waals surface area contributed by atoms with Crippen LogP contribution in [0, 0.1) is 10.1 Å². The van der Waals surface area contributed by atoms with Crippen LogP contribution in [0.1, 0.15) is 41.6 Å². The number of hydrogen-bond acceptors (Lipinski definition) is 6. The van der Waals surface area contributed by atoms with Gasteiger partial charge in [-0.3, -0.25) is 20.2 Å². The van der Waals surface area contributed by atoms with Crippen LogP contribution >= 0.6 is 11.3 Å². The molecule has 0 fully saturated rings. The van der Waals surface area contributed by atoms with Crippen molar-refractivity contribution in [3.05, 3.63) is 45.0 Å². The average Bonchev–Trinajstić information content (AvgIpc) is 2.95. The average molecular weight is 320 g/mol. The van der Waals surface area contributed by atoms with Gasteiger partial charge >= 0.3 is 0 Å². The summed E-state index contributed by atoms with van der Waals surface area (Å²) in [6.45, 7) is 2.12. The Bertz CT molecular complexity index is 672. The second kappa shape index (κ2) is 7.60. The first-order valence-electron chi connectivity index (χ1n) is 6.99. The Morgan fingerprint density at radius 2 is 2.09 bits per heavy atom. The van der Waals surface area contributed by atoms with Gasteiger partial charge in [0.2, 0.25) is 5.13 Å². The predicted octanol–water partition coefficient (Wildman–Crippen LogP) is 3.43. The zero-order valence-corrected chi connectivity index (χ0v) is 12.9. The van der Waals surface area contributed by atoms with Crippen LogP contribution in [0.25, 0.3) is 0 Å². The number of benzene rings is 1. The van der Waals surface area contributed by atoms with E-state index >= 15 is 0 Å². The number of amides is 1. The van der Waals surface area contributed by atoms with Crippen LogP contribution in [0.5, 0.6) is 0 Å². The number of nitro benzene ring substituents is 1. The molecule has 22 heavy (non-hydrogen) atoms. The monoisotopic (exact) mass is 320 g/mol. The number of carbonyl (C=O) groups excluding carboxylic acids is 1. The van der Waals surface area contributed by atoms with E-state index < -0.39 is 10.8 Å². The van der Waals surface area contributed by atoms with E-state index in [1.807, 2.05) is 0 Å². The molecule has 0 aliphatic carbocycles. The van der Waals surface area contributed by atoms with Gasteiger partial charge in [-0.2, -0.15) is 0 Å². The zero-order chi connectivity index (χ0) is 15.9. The molecule has 1 aromatic heterocycles. The summed E-state index contributed by atoms with van der Waals surface area (Å²) in [6.07, 6.45) is 4.10. The number of rotatable bonds is 7. The molecule has 0 aliphatic rings. The maximum Gasteiger partial charge on any atom is 0.282 e. The fraction of sp³-hybridized carbons (Fsp3) is 0.357. The van der Waals surface area contributed by atoms with Crippen LogP contribution in [0.2, 0.25) is 0 Å². The summed E-state index contributed by atoms with van der Waals surface area (Å²) in [7, 11) is 0. The number of carbonyl (C=O) groups is 1. The molecule has 0 aliphatic heterocycles. The summed E-state index contributed by atoms with van der Waals surface area (Å²) in [6, 6.07) is 5.81. The lowest BCUT2D eigenvalue weighted by molar-refractivity contribution is -0.385. The maximum atomic E-state index is 12.1. The van der Waals surface area contributed by atoms with Crippen molar-refractivity contribution >= 4 is 28.1 Å². The fourth-order valence-electron chi connectivity index (χ4n) is 1.92. The quantitative estimate of drug-likeness (QED) is 0.479. The van der Waals surface area contributed by atoms with Crippen molar-refractivity contribution in [2.45, 2.75) is 32.6 Å². The molecular formula is C14H16N4O3S. The number of nitrogens with zero attached hydrogens (tertiary/aromatic N) is 3. The zero-order valence-electron chi connectivity index (χ0n) is 12.1. The van der Waals surface area contributed by atoms with E-state index in [0.29, 0.717) is 5.13 Å². The van der Waals surface area contributed by atoms with Crippen molar-refractivity contribution in [3.63, 3.8) is 0 Å². The van der Waals surface area contributed by atoms with Gasteiger partial charge in [-0.25, -0.2) is 0 Å². The number of unbranched alkanes of at least 4 members (excludes halogenated alkanes) is 2. The van der Waals surface area contributed by atoms with E-state index in [9.17, 15) is 14.9 Å². The first kappa shape index (κ1) is 16.0. The summed E-state index contributed by atoms with van der Waals surface area (Å²) >= 11 is 1.30. The summed E-state index contributed by atoms with van der Waals surface area (Å²) in [5, 5.41) is 22.6. The standard InChI is InChI=1S/C14H16N4O3S/c1-2-3-4-9-12-16-17-14(22-12)15-13(19)10-7-5-6-8-11(10)18(20)21/h5-8H,2-4,9H2,1H3,(H,15,17,19).